The lowest BCUT2D eigenvalue weighted by molar-refractivity contribution is -0.117. The van der Waals surface area contributed by atoms with Gasteiger partial charge in [-0.2, -0.15) is 0 Å². The SMILES string of the molecule is CC(=O)C(c1ccccc1)c1ccc2c3c(cccc13)C(=O)N(O)C2=O. The number of nitrogens with zero attached hydrogens (tertiary/aromatic N) is 1. The van der Waals surface area contributed by atoms with Gasteiger partial charge < -0.3 is 0 Å². The first kappa shape index (κ1) is 16.2. The van der Waals surface area contributed by atoms with Crippen molar-refractivity contribution in [2.45, 2.75) is 12.8 Å². The molecule has 0 radical (unpaired) electrons. The van der Waals surface area contributed by atoms with E-state index in [0.29, 0.717) is 10.8 Å². The molecule has 0 bridgehead atoms. The van der Waals surface area contributed by atoms with E-state index in [0.717, 1.165) is 11.1 Å². The Balaban J connectivity index is 2.04. The number of rotatable bonds is 3. The van der Waals surface area contributed by atoms with Gasteiger partial charge >= 0.3 is 0 Å². The van der Waals surface area contributed by atoms with E-state index in [1.54, 1.807) is 30.3 Å². The van der Waals surface area contributed by atoms with E-state index in [1.165, 1.54) is 6.92 Å². The van der Waals surface area contributed by atoms with Crippen molar-refractivity contribution < 1.29 is 19.6 Å². The number of ketones is 1. The molecule has 4 rings (SSSR count). The van der Waals surface area contributed by atoms with Gasteiger partial charge in [-0.1, -0.05) is 48.5 Å². The molecule has 5 heteroatoms. The molecule has 0 spiro atoms. The molecule has 0 aromatic heterocycles. The maximum Gasteiger partial charge on any atom is 0.285 e. The summed E-state index contributed by atoms with van der Waals surface area (Å²) in [5.74, 6) is -2.05. The minimum Gasteiger partial charge on any atom is -0.299 e. The second kappa shape index (κ2) is 5.89. The molecule has 5 nitrogen and oxygen atoms in total. The van der Waals surface area contributed by atoms with Gasteiger partial charge in [0.15, 0.2) is 0 Å². The fraction of sp³-hybridized carbons (Fsp3) is 0.0952. The maximum absolute atomic E-state index is 12.4. The van der Waals surface area contributed by atoms with Crippen LogP contribution in [0.3, 0.4) is 0 Å². The summed E-state index contributed by atoms with van der Waals surface area (Å²) in [6.07, 6.45) is 0. The standard InChI is InChI=1S/C21H15NO4/c1-12(23)18(13-6-3-2-4-7-13)15-10-11-17-19-14(15)8-5-9-16(19)20(24)22(26)21(17)25/h2-11,18,26H,1H3. The Morgan fingerprint density at radius 1 is 0.885 bits per heavy atom. The summed E-state index contributed by atoms with van der Waals surface area (Å²) in [7, 11) is 0. The van der Waals surface area contributed by atoms with E-state index >= 15 is 0 Å². The van der Waals surface area contributed by atoms with Crippen LogP contribution in [0.15, 0.2) is 60.7 Å². The monoisotopic (exact) mass is 345 g/mol. The Morgan fingerprint density at radius 2 is 1.54 bits per heavy atom. The van der Waals surface area contributed by atoms with Gasteiger partial charge in [-0.25, -0.2) is 0 Å². The summed E-state index contributed by atoms with van der Waals surface area (Å²) in [5.41, 5.74) is 2.07. The lowest BCUT2D eigenvalue weighted by Gasteiger charge is -2.24. The molecule has 26 heavy (non-hydrogen) atoms. The molecule has 1 aliphatic heterocycles. The highest BCUT2D eigenvalue weighted by Crippen LogP contribution is 2.37. The molecule has 2 amide bonds. The second-order valence-electron chi connectivity index (χ2n) is 6.31. The quantitative estimate of drug-likeness (QED) is 0.582. The molecule has 1 unspecified atom stereocenters. The van der Waals surface area contributed by atoms with Crippen molar-refractivity contribution >= 4 is 28.4 Å². The van der Waals surface area contributed by atoms with Crippen LogP contribution in [0.1, 0.15) is 44.7 Å². The molecular weight excluding hydrogens is 330 g/mol. The highest BCUT2D eigenvalue weighted by atomic mass is 16.5. The Bertz CT molecular complexity index is 1050. The van der Waals surface area contributed by atoms with Crippen LogP contribution >= 0.6 is 0 Å². The van der Waals surface area contributed by atoms with Crippen molar-refractivity contribution in [2.24, 2.45) is 0 Å². The number of hydrogen-bond acceptors (Lipinski definition) is 4. The van der Waals surface area contributed by atoms with Crippen molar-refractivity contribution in [2.75, 3.05) is 0 Å². The Kier molecular flexibility index (Phi) is 3.67. The van der Waals surface area contributed by atoms with Crippen molar-refractivity contribution in [1.29, 1.82) is 0 Å². The smallest absolute Gasteiger partial charge is 0.285 e. The Hall–Kier alpha value is -3.31. The number of hydroxylamine groups is 2. The van der Waals surface area contributed by atoms with Gasteiger partial charge in [-0.15, -0.1) is 5.06 Å². The summed E-state index contributed by atoms with van der Waals surface area (Å²) < 4.78 is 0. The van der Waals surface area contributed by atoms with Crippen molar-refractivity contribution in [3.05, 3.63) is 82.9 Å². The Morgan fingerprint density at radius 3 is 2.19 bits per heavy atom. The third kappa shape index (κ3) is 2.25. The van der Waals surface area contributed by atoms with Gasteiger partial charge in [0.25, 0.3) is 11.8 Å². The van der Waals surface area contributed by atoms with E-state index in [2.05, 4.69) is 0 Å². The van der Waals surface area contributed by atoms with Crippen LogP contribution in [0.25, 0.3) is 10.8 Å². The van der Waals surface area contributed by atoms with Crippen LogP contribution in [-0.4, -0.2) is 27.9 Å². The lowest BCUT2D eigenvalue weighted by Crippen LogP contribution is -2.37. The molecular formula is C21H15NO4. The number of benzene rings is 3. The topological polar surface area (TPSA) is 74.7 Å². The van der Waals surface area contributed by atoms with Crippen molar-refractivity contribution in [3.8, 4) is 0 Å². The van der Waals surface area contributed by atoms with Crippen LogP contribution in [0.5, 0.6) is 0 Å². The zero-order valence-electron chi connectivity index (χ0n) is 14.0. The summed E-state index contributed by atoms with van der Waals surface area (Å²) in [6.45, 7) is 1.53. The minimum absolute atomic E-state index is 0.0332. The van der Waals surface area contributed by atoms with Crippen LogP contribution in [0.4, 0.5) is 0 Å². The zero-order valence-corrected chi connectivity index (χ0v) is 14.0. The van der Waals surface area contributed by atoms with Gasteiger partial charge in [0, 0.05) is 5.39 Å². The molecule has 1 atom stereocenters. The normalized spacial score (nSPS) is 14.6. The van der Waals surface area contributed by atoms with Gasteiger partial charge in [0.05, 0.1) is 17.0 Å². The number of carbonyl (C=O) groups is 3. The van der Waals surface area contributed by atoms with E-state index in [1.807, 2.05) is 30.3 Å². The molecule has 1 heterocycles. The molecule has 1 aliphatic rings. The van der Waals surface area contributed by atoms with Crippen LogP contribution in [-0.2, 0) is 4.79 Å². The molecule has 0 saturated heterocycles. The molecule has 0 fully saturated rings. The average molecular weight is 345 g/mol. The summed E-state index contributed by atoms with van der Waals surface area (Å²) in [5, 5.41) is 11.0. The first-order valence-corrected chi connectivity index (χ1v) is 8.19. The van der Waals surface area contributed by atoms with Crippen LogP contribution in [0, 0.1) is 0 Å². The van der Waals surface area contributed by atoms with E-state index in [9.17, 15) is 19.6 Å². The van der Waals surface area contributed by atoms with Gasteiger partial charge in [-0.3, -0.25) is 19.6 Å². The molecule has 0 saturated carbocycles. The number of imide groups is 1. The predicted molar refractivity (Wildman–Crippen MR) is 95.2 cm³/mol. The molecule has 3 aromatic rings. The molecule has 128 valence electrons. The largest absolute Gasteiger partial charge is 0.299 e. The fourth-order valence-electron chi connectivity index (χ4n) is 3.64. The molecule has 1 N–H and O–H groups in total. The first-order chi connectivity index (χ1) is 12.5. The van der Waals surface area contributed by atoms with Crippen LogP contribution < -0.4 is 0 Å². The van der Waals surface area contributed by atoms with Gasteiger partial charge in [0.1, 0.15) is 5.78 Å². The maximum atomic E-state index is 12.4. The first-order valence-electron chi connectivity index (χ1n) is 8.19. The van der Waals surface area contributed by atoms with E-state index < -0.39 is 17.7 Å². The highest BCUT2D eigenvalue weighted by molar-refractivity contribution is 6.25. The van der Waals surface area contributed by atoms with Gasteiger partial charge in [0.2, 0.25) is 0 Å². The van der Waals surface area contributed by atoms with Crippen molar-refractivity contribution in [3.63, 3.8) is 0 Å². The average Bonchev–Trinajstić information content (AvgIpc) is 2.65. The number of Topliss-reactive ketones (excluding diaryl/α,β-unsaturated/α-hetero) is 1. The fourth-order valence-corrected chi connectivity index (χ4v) is 3.64. The van der Waals surface area contributed by atoms with Crippen molar-refractivity contribution in [1.82, 2.24) is 5.06 Å². The third-order valence-electron chi connectivity index (χ3n) is 4.77. The third-order valence-corrected chi connectivity index (χ3v) is 4.77. The van der Waals surface area contributed by atoms with Gasteiger partial charge in [-0.05, 0) is 35.6 Å². The zero-order chi connectivity index (χ0) is 18.4. The van der Waals surface area contributed by atoms with E-state index in [-0.39, 0.29) is 22.0 Å². The lowest BCUT2D eigenvalue weighted by atomic mass is 9.82. The molecule has 0 aliphatic carbocycles. The number of carbonyl (C=O) groups excluding carboxylic acids is 3. The molecule has 3 aromatic carbocycles. The summed E-state index contributed by atoms with van der Waals surface area (Å²) in [6, 6.07) is 17.7. The summed E-state index contributed by atoms with van der Waals surface area (Å²) >= 11 is 0. The Labute approximate surface area is 149 Å². The highest BCUT2D eigenvalue weighted by Gasteiger charge is 2.33. The predicted octanol–water partition coefficient (Wildman–Crippen LogP) is 3.55. The van der Waals surface area contributed by atoms with E-state index in [4.69, 9.17) is 0 Å². The number of amides is 2. The summed E-state index contributed by atoms with van der Waals surface area (Å²) in [4.78, 5) is 37.0. The van der Waals surface area contributed by atoms with Crippen LogP contribution in [0.2, 0.25) is 0 Å². The number of hydrogen-bond donors (Lipinski definition) is 1. The second-order valence-corrected chi connectivity index (χ2v) is 6.31. The minimum atomic E-state index is -0.760.